The summed E-state index contributed by atoms with van der Waals surface area (Å²) in [7, 11) is 0. The maximum Gasteiger partial charge on any atom is 0.351 e. The molecule has 0 saturated carbocycles. The van der Waals surface area contributed by atoms with E-state index in [1.807, 2.05) is 4.90 Å². The lowest BCUT2D eigenvalue weighted by atomic mass is 10.1. The van der Waals surface area contributed by atoms with E-state index in [0.29, 0.717) is 31.9 Å². The summed E-state index contributed by atoms with van der Waals surface area (Å²) in [5.41, 5.74) is 1.04. The van der Waals surface area contributed by atoms with Crippen LogP contribution in [0.2, 0.25) is 0 Å². The Bertz CT molecular complexity index is 1620. The lowest BCUT2D eigenvalue weighted by Crippen LogP contribution is -2.39. The van der Waals surface area contributed by atoms with E-state index < -0.39 is 17.2 Å². The van der Waals surface area contributed by atoms with Crippen molar-refractivity contribution in [1.29, 1.82) is 0 Å². The molecule has 0 aliphatic rings. The van der Waals surface area contributed by atoms with Crippen LogP contribution >= 0.6 is 11.3 Å². The van der Waals surface area contributed by atoms with Gasteiger partial charge in [0, 0.05) is 48.4 Å². The molecule has 0 bridgehead atoms. The molecule has 0 unspecified atom stereocenters. The van der Waals surface area contributed by atoms with Crippen LogP contribution in [0.15, 0.2) is 51.7 Å². The monoisotopic (exact) mass is 583 g/mol. The first-order valence-electron chi connectivity index (χ1n) is 13.1. The third-order valence-corrected chi connectivity index (χ3v) is 7.49. The number of carbonyl (C=O) groups excluding carboxylic acids is 2. The lowest BCUT2D eigenvalue weighted by molar-refractivity contribution is -0.675. The zero-order valence-corrected chi connectivity index (χ0v) is 23.4. The van der Waals surface area contributed by atoms with Gasteiger partial charge in [-0.2, -0.15) is 4.57 Å². The van der Waals surface area contributed by atoms with Crippen LogP contribution < -0.4 is 20.2 Å². The van der Waals surface area contributed by atoms with Gasteiger partial charge in [0.15, 0.2) is 0 Å². The molecule has 2 heterocycles. The molecule has 0 amide bonds. The highest BCUT2D eigenvalue weighted by Crippen LogP contribution is 2.32. The van der Waals surface area contributed by atoms with Gasteiger partial charge < -0.3 is 23.9 Å². The number of aromatic nitrogens is 1. The van der Waals surface area contributed by atoms with E-state index in [4.69, 9.17) is 13.9 Å². The number of nitro benzene ring substituents is 1. The number of fused-ring (bicyclic) bond motifs is 2. The van der Waals surface area contributed by atoms with Crippen LogP contribution in [0.3, 0.4) is 0 Å². The molecule has 0 radical (unpaired) electrons. The predicted molar refractivity (Wildman–Crippen MR) is 150 cm³/mol. The maximum atomic E-state index is 13.2. The second-order valence-corrected chi connectivity index (χ2v) is 9.97. The molecule has 0 atom stereocenters. The number of thiazole rings is 1. The number of hydrogen-bond acceptors (Lipinski definition) is 11. The SMILES string of the molecule is CCOC(=O)CCN(CCC(=O)OCC)c1ccc2cc(-c3sc4cc([N+](=O)[O-])ccc4[n+]3CC[O-])c(=O)oc2c1. The zero-order valence-electron chi connectivity index (χ0n) is 22.6. The Labute approximate surface area is 238 Å². The number of rotatable bonds is 13. The smallest absolute Gasteiger partial charge is 0.351 e. The van der Waals surface area contributed by atoms with Crippen LogP contribution in [0.4, 0.5) is 11.4 Å². The Balaban J connectivity index is 1.71. The second kappa shape index (κ2) is 13.3. The number of anilines is 1. The van der Waals surface area contributed by atoms with E-state index >= 15 is 0 Å². The fourth-order valence-electron chi connectivity index (χ4n) is 4.44. The average Bonchev–Trinajstić information content (AvgIpc) is 3.30. The number of nitrogens with zero attached hydrogens (tertiary/aromatic N) is 3. The quantitative estimate of drug-likeness (QED) is 0.0754. The van der Waals surface area contributed by atoms with Crippen molar-refractivity contribution in [3.63, 3.8) is 0 Å². The third-order valence-electron chi connectivity index (χ3n) is 6.31. The van der Waals surface area contributed by atoms with Gasteiger partial charge in [-0.25, -0.2) is 4.79 Å². The summed E-state index contributed by atoms with van der Waals surface area (Å²) >= 11 is 1.17. The normalized spacial score (nSPS) is 11.1. The summed E-state index contributed by atoms with van der Waals surface area (Å²) in [4.78, 5) is 49.7. The fourth-order valence-corrected chi connectivity index (χ4v) is 5.66. The molecule has 0 aliphatic carbocycles. The minimum absolute atomic E-state index is 0.0689. The van der Waals surface area contributed by atoms with E-state index in [0.717, 1.165) is 0 Å². The summed E-state index contributed by atoms with van der Waals surface area (Å²) < 4.78 is 18.0. The number of esters is 2. The number of non-ortho nitro benzene ring substituents is 1. The van der Waals surface area contributed by atoms with Gasteiger partial charge in [0.2, 0.25) is 5.52 Å². The van der Waals surface area contributed by atoms with Gasteiger partial charge in [-0.3, -0.25) is 19.7 Å². The number of ether oxygens (including phenoxy) is 2. The Morgan fingerprint density at radius 2 is 1.71 bits per heavy atom. The zero-order chi connectivity index (χ0) is 29.5. The van der Waals surface area contributed by atoms with Gasteiger partial charge in [-0.1, -0.05) is 17.9 Å². The standard InChI is InChI=1S/C28H29N3O9S/c1-3-38-25(33)9-11-29(12-10-26(34)39-4-2)19-6-5-18-15-21(28(35)40-23(18)16-19)27-30(13-14-32)22-8-7-20(31(36)37)17-24(22)41-27/h5-8,15-17H,3-4,9-14H2,1-2H3. The molecular formula is C28H29N3O9S. The molecule has 4 aromatic rings. The van der Waals surface area contributed by atoms with Gasteiger partial charge in [0.1, 0.15) is 22.4 Å². The highest BCUT2D eigenvalue weighted by molar-refractivity contribution is 7.21. The van der Waals surface area contributed by atoms with Crippen molar-refractivity contribution in [3.8, 4) is 10.6 Å². The van der Waals surface area contributed by atoms with Crippen LogP contribution in [0, 0.1) is 10.1 Å². The number of benzene rings is 2. The van der Waals surface area contributed by atoms with Gasteiger partial charge in [0.05, 0.1) is 31.0 Å². The van der Waals surface area contributed by atoms with Gasteiger partial charge in [0.25, 0.3) is 10.7 Å². The molecule has 0 saturated heterocycles. The van der Waals surface area contributed by atoms with Crippen molar-refractivity contribution in [2.24, 2.45) is 0 Å². The predicted octanol–water partition coefficient (Wildman–Crippen LogP) is 2.94. The molecule has 0 N–H and O–H groups in total. The molecule has 0 spiro atoms. The first-order chi connectivity index (χ1) is 19.7. The van der Waals surface area contributed by atoms with Crippen molar-refractivity contribution >= 4 is 55.8 Å². The van der Waals surface area contributed by atoms with Crippen molar-refractivity contribution in [2.45, 2.75) is 33.2 Å². The molecule has 13 heteroatoms. The third kappa shape index (κ3) is 6.87. The fraction of sp³-hybridized carbons (Fsp3) is 0.357. The van der Waals surface area contributed by atoms with Crippen LogP contribution in [-0.2, 0) is 25.6 Å². The number of nitro groups is 1. The minimum Gasteiger partial charge on any atom is -0.850 e. The molecule has 0 aliphatic heterocycles. The van der Waals surface area contributed by atoms with Gasteiger partial charge >= 0.3 is 17.6 Å². The van der Waals surface area contributed by atoms with E-state index in [1.165, 1.54) is 23.5 Å². The Kier molecular flexibility index (Phi) is 9.63. The molecular weight excluding hydrogens is 554 g/mol. The Morgan fingerprint density at radius 3 is 2.32 bits per heavy atom. The summed E-state index contributed by atoms with van der Waals surface area (Å²) in [5, 5.41) is 23.9. The van der Waals surface area contributed by atoms with Crippen molar-refractivity contribution < 1.29 is 38.1 Å². The van der Waals surface area contributed by atoms with Crippen molar-refractivity contribution in [1.82, 2.24) is 0 Å². The van der Waals surface area contributed by atoms with E-state index in [1.54, 1.807) is 48.7 Å². The van der Waals surface area contributed by atoms with Crippen LogP contribution in [-0.4, -0.2) is 49.8 Å². The van der Waals surface area contributed by atoms with Gasteiger partial charge in [-0.15, -0.1) is 0 Å². The van der Waals surface area contributed by atoms with Crippen molar-refractivity contribution in [3.05, 3.63) is 63.0 Å². The van der Waals surface area contributed by atoms with Crippen molar-refractivity contribution in [2.75, 3.05) is 37.8 Å². The first kappa shape index (κ1) is 29.6. The summed E-state index contributed by atoms with van der Waals surface area (Å²) in [6.07, 6.45) is 0.197. The van der Waals surface area contributed by atoms with E-state index in [9.17, 15) is 29.6 Å². The highest BCUT2D eigenvalue weighted by Gasteiger charge is 2.26. The second-order valence-electron chi connectivity index (χ2n) is 8.94. The maximum absolute atomic E-state index is 13.2. The topological polar surface area (TPSA) is 156 Å². The first-order valence-corrected chi connectivity index (χ1v) is 13.9. The lowest BCUT2D eigenvalue weighted by Gasteiger charge is -2.24. The van der Waals surface area contributed by atoms with Crippen LogP contribution in [0.5, 0.6) is 0 Å². The average molecular weight is 584 g/mol. The number of carbonyl (C=O) groups is 2. The molecule has 2 aromatic carbocycles. The van der Waals surface area contributed by atoms with E-state index in [2.05, 4.69) is 0 Å². The summed E-state index contributed by atoms with van der Waals surface area (Å²) in [6, 6.07) is 11.2. The molecule has 0 fully saturated rings. The Morgan fingerprint density at radius 1 is 1.02 bits per heavy atom. The number of hydrogen-bond donors (Lipinski definition) is 0. The van der Waals surface area contributed by atoms with Crippen LogP contribution in [0.1, 0.15) is 26.7 Å². The van der Waals surface area contributed by atoms with Crippen LogP contribution in [0.25, 0.3) is 31.8 Å². The molecule has 2 aromatic heterocycles. The Hall–Kier alpha value is -4.36. The highest BCUT2D eigenvalue weighted by atomic mass is 32.1. The summed E-state index contributed by atoms with van der Waals surface area (Å²) in [6.45, 7) is 4.13. The molecule has 41 heavy (non-hydrogen) atoms. The van der Waals surface area contributed by atoms with E-state index in [-0.39, 0.29) is 68.9 Å². The molecule has 216 valence electrons. The molecule has 12 nitrogen and oxygen atoms in total. The minimum atomic E-state index is -0.639. The van der Waals surface area contributed by atoms with Gasteiger partial charge in [-0.05, 0) is 32.0 Å². The molecule has 4 rings (SSSR count). The summed E-state index contributed by atoms with van der Waals surface area (Å²) in [5.74, 6) is -0.740. The largest absolute Gasteiger partial charge is 0.850 e.